The molecule has 0 aliphatic heterocycles. The average Bonchev–Trinajstić information content (AvgIpc) is 2.36. The second kappa shape index (κ2) is 7.05. The lowest BCUT2D eigenvalue weighted by molar-refractivity contribution is -0.384. The number of carbonyl (C=O) groups excluding carboxylic acids is 1. The first-order chi connectivity index (χ1) is 9.04. The number of hydrogen-bond acceptors (Lipinski definition) is 4. The van der Waals surface area contributed by atoms with Gasteiger partial charge in [0.05, 0.1) is 11.5 Å². The Hall–Kier alpha value is -2.50. The van der Waals surface area contributed by atoms with Crippen molar-refractivity contribution in [2.24, 2.45) is 0 Å². The molecule has 0 bridgehead atoms. The van der Waals surface area contributed by atoms with Crippen LogP contribution in [0.25, 0.3) is 6.08 Å². The van der Waals surface area contributed by atoms with Gasteiger partial charge in [0.2, 0.25) is 0 Å². The number of nitrogens with zero attached hydrogens (tertiary/aromatic N) is 1. The summed E-state index contributed by atoms with van der Waals surface area (Å²) in [6.07, 6.45) is 5.28. The number of rotatable bonds is 5. The van der Waals surface area contributed by atoms with Crippen molar-refractivity contribution in [1.29, 1.82) is 0 Å². The number of carbonyl (C=O) groups is 1. The topological polar surface area (TPSA) is 69.4 Å². The molecule has 0 amide bonds. The number of hydrogen-bond donors (Lipinski definition) is 0. The molecule has 0 N–H and O–H groups in total. The van der Waals surface area contributed by atoms with E-state index in [9.17, 15) is 19.3 Å². The molecule has 5 nitrogen and oxygen atoms in total. The molecule has 0 heterocycles. The largest absolute Gasteiger partial charge is 0.463 e. The lowest BCUT2D eigenvalue weighted by Gasteiger charge is -1.96. The van der Waals surface area contributed by atoms with Gasteiger partial charge in [-0.2, -0.15) is 0 Å². The summed E-state index contributed by atoms with van der Waals surface area (Å²) >= 11 is 0. The third-order valence-electron chi connectivity index (χ3n) is 2.10. The highest BCUT2D eigenvalue weighted by Gasteiger charge is 2.08. The highest BCUT2D eigenvalue weighted by atomic mass is 19.1. The first kappa shape index (κ1) is 14.6. The Morgan fingerprint density at radius 2 is 2.21 bits per heavy atom. The van der Waals surface area contributed by atoms with Crippen LogP contribution in [0.15, 0.2) is 36.4 Å². The van der Waals surface area contributed by atoms with Crippen molar-refractivity contribution in [3.05, 3.63) is 57.9 Å². The summed E-state index contributed by atoms with van der Waals surface area (Å²) in [5, 5.41) is 10.5. The van der Waals surface area contributed by atoms with Crippen LogP contribution in [0.4, 0.5) is 10.1 Å². The van der Waals surface area contributed by atoms with Gasteiger partial charge in [0, 0.05) is 23.8 Å². The zero-order chi connectivity index (χ0) is 14.3. The van der Waals surface area contributed by atoms with Crippen LogP contribution in [0, 0.1) is 15.9 Å². The van der Waals surface area contributed by atoms with Gasteiger partial charge >= 0.3 is 5.97 Å². The zero-order valence-electron chi connectivity index (χ0n) is 10.2. The summed E-state index contributed by atoms with van der Waals surface area (Å²) < 4.78 is 18.0. The smallest absolute Gasteiger partial charge is 0.330 e. The molecule has 100 valence electrons. The molecule has 0 aliphatic carbocycles. The summed E-state index contributed by atoms with van der Waals surface area (Å²) in [5.74, 6) is -1.09. The van der Waals surface area contributed by atoms with E-state index in [1.54, 1.807) is 6.92 Å². The Morgan fingerprint density at radius 1 is 1.47 bits per heavy atom. The Labute approximate surface area is 109 Å². The summed E-state index contributed by atoms with van der Waals surface area (Å²) in [6.45, 7) is 1.95. The van der Waals surface area contributed by atoms with Gasteiger partial charge in [-0.05, 0) is 13.0 Å². The molecule has 0 saturated heterocycles. The minimum atomic E-state index is -0.606. The Balaban J connectivity index is 2.79. The monoisotopic (exact) mass is 265 g/mol. The van der Waals surface area contributed by atoms with E-state index in [1.165, 1.54) is 24.3 Å². The third-order valence-corrected chi connectivity index (χ3v) is 2.10. The number of benzene rings is 1. The number of non-ortho nitro benzene ring substituents is 1. The van der Waals surface area contributed by atoms with Gasteiger partial charge in [0.25, 0.3) is 5.69 Å². The molecule has 1 aromatic carbocycles. The predicted octanol–water partition coefficient (Wildman–Crippen LogP) is 2.87. The summed E-state index contributed by atoms with van der Waals surface area (Å²) in [5.41, 5.74) is -0.127. The summed E-state index contributed by atoms with van der Waals surface area (Å²) in [6, 6.07) is 3.22. The van der Waals surface area contributed by atoms with Crippen LogP contribution in [0.2, 0.25) is 0 Å². The summed E-state index contributed by atoms with van der Waals surface area (Å²) in [4.78, 5) is 20.9. The minimum Gasteiger partial charge on any atom is -0.463 e. The second-order valence-corrected chi connectivity index (χ2v) is 3.43. The molecule has 0 fully saturated rings. The van der Waals surface area contributed by atoms with Crippen LogP contribution in [0.1, 0.15) is 12.5 Å². The quantitative estimate of drug-likeness (QED) is 0.270. The normalized spacial score (nSPS) is 11.1. The van der Waals surface area contributed by atoms with Crippen LogP contribution < -0.4 is 0 Å². The minimum absolute atomic E-state index is 0.0720. The number of allylic oxidation sites excluding steroid dienone is 2. The van der Waals surface area contributed by atoms with Crippen molar-refractivity contribution in [3.8, 4) is 0 Å². The third kappa shape index (κ3) is 4.71. The molecule has 0 spiro atoms. The number of nitro groups is 1. The molecule has 0 radical (unpaired) electrons. The Kier molecular flexibility index (Phi) is 5.40. The zero-order valence-corrected chi connectivity index (χ0v) is 10.2. The van der Waals surface area contributed by atoms with Crippen LogP contribution in [-0.2, 0) is 9.53 Å². The van der Waals surface area contributed by atoms with Gasteiger partial charge in [-0.1, -0.05) is 18.2 Å². The maximum absolute atomic E-state index is 13.4. The Bertz CT molecular complexity index is 537. The molecular formula is C13H12FNO4. The molecule has 1 rings (SSSR count). The van der Waals surface area contributed by atoms with E-state index < -0.39 is 16.7 Å². The SMILES string of the molecule is CCOC(=O)C=CC=Cc1cc([N+](=O)[O-])ccc1F. The van der Waals surface area contributed by atoms with Crippen molar-refractivity contribution in [2.45, 2.75) is 6.92 Å². The van der Waals surface area contributed by atoms with Gasteiger partial charge in [-0.3, -0.25) is 10.1 Å². The summed E-state index contributed by atoms with van der Waals surface area (Å²) in [7, 11) is 0. The van der Waals surface area contributed by atoms with E-state index in [0.717, 1.165) is 18.2 Å². The number of esters is 1. The standard InChI is InChI=1S/C13H12FNO4/c1-2-19-13(16)6-4-3-5-10-9-11(15(17)18)7-8-12(10)14/h3-9H,2H2,1H3. The maximum Gasteiger partial charge on any atom is 0.330 e. The maximum atomic E-state index is 13.4. The lowest BCUT2D eigenvalue weighted by Crippen LogP contribution is -1.98. The van der Waals surface area contributed by atoms with E-state index in [1.807, 2.05) is 0 Å². The molecule has 1 aromatic rings. The molecule has 0 aromatic heterocycles. The van der Waals surface area contributed by atoms with Gasteiger partial charge in [-0.15, -0.1) is 0 Å². The Morgan fingerprint density at radius 3 is 2.84 bits per heavy atom. The first-order valence-corrected chi connectivity index (χ1v) is 5.50. The fraction of sp³-hybridized carbons (Fsp3) is 0.154. The predicted molar refractivity (Wildman–Crippen MR) is 67.9 cm³/mol. The van der Waals surface area contributed by atoms with Crippen LogP contribution >= 0.6 is 0 Å². The highest BCUT2D eigenvalue weighted by molar-refractivity contribution is 5.82. The molecule has 0 unspecified atom stereocenters. The number of nitro benzene ring substituents is 1. The van der Waals surface area contributed by atoms with E-state index in [0.29, 0.717) is 0 Å². The molecule has 0 aliphatic rings. The molecule has 19 heavy (non-hydrogen) atoms. The van der Waals surface area contributed by atoms with Crippen molar-refractivity contribution < 1.29 is 18.8 Å². The van der Waals surface area contributed by atoms with Crippen LogP contribution in [-0.4, -0.2) is 17.5 Å². The molecular weight excluding hydrogens is 253 g/mol. The van der Waals surface area contributed by atoms with Crippen LogP contribution in [0.5, 0.6) is 0 Å². The van der Waals surface area contributed by atoms with Crippen molar-refractivity contribution in [2.75, 3.05) is 6.61 Å². The van der Waals surface area contributed by atoms with Gasteiger partial charge in [0.15, 0.2) is 0 Å². The number of halogens is 1. The number of ether oxygens (including phenoxy) is 1. The molecule has 0 atom stereocenters. The second-order valence-electron chi connectivity index (χ2n) is 3.43. The first-order valence-electron chi connectivity index (χ1n) is 5.50. The van der Waals surface area contributed by atoms with Gasteiger partial charge in [0.1, 0.15) is 5.82 Å². The van der Waals surface area contributed by atoms with Gasteiger partial charge < -0.3 is 4.74 Å². The van der Waals surface area contributed by atoms with Crippen molar-refractivity contribution in [3.63, 3.8) is 0 Å². The molecule has 0 saturated carbocycles. The highest BCUT2D eigenvalue weighted by Crippen LogP contribution is 2.17. The van der Waals surface area contributed by atoms with Crippen LogP contribution in [0.3, 0.4) is 0 Å². The van der Waals surface area contributed by atoms with Gasteiger partial charge in [-0.25, -0.2) is 9.18 Å². The van der Waals surface area contributed by atoms with E-state index >= 15 is 0 Å². The van der Waals surface area contributed by atoms with Crippen molar-refractivity contribution >= 4 is 17.7 Å². The average molecular weight is 265 g/mol. The lowest BCUT2D eigenvalue weighted by atomic mass is 10.1. The van der Waals surface area contributed by atoms with Crippen molar-refractivity contribution in [1.82, 2.24) is 0 Å². The fourth-order valence-electron chi connectivity index (χ4n) is 1.26. The molecule has 6 heteroatoms. The van der Waals surface area contributed by atoms with E-state index in [4.69, 9.17) is 0 Å². The van der Waals surface area contributed by atoms with E-state index in [-0.39, 0.29) is 17.9 Å². The van der Waals surface area contributed by atoms with E-state index in [2.05, 4.69) is 4.74 Å². The fourth-order valence-corrected chi connectivity index (χ4v) is 1.26.